The number of methoxy groups -OCH3 is 1. The van der Waals surface area contributed by atoms with Gasteiger partial charge in [-0.05, 0) is 54.5 Å². The Morgan fingerprint density at radius 1 is 0.935 bits per heavy atom. The second-order valence-corrected chi connectivity index (χ2v) is 8.31. The van der Waals surface area contributed by atoms with Crippen molar-refractivity contribution in [2.75, 3.05) is 7.11 Å². The Labute approximate surface area is 183 Å². The molecule has 0 amide bonds. The van der Waals surface area contributed by atoms with Gasteiger partial charge in [-0.15, -0.1) is 0 Å². The third-order valence-electron chi connectivity index (χ3n) is 6.54. The number of carboxylic acids is 1. The van der Waals surface area contributed by atoms with Gasteiger partial charge in [0, 0.05) is 6.04 Å². The van der Waals surface area contributed by atoms with Crippen molar-refractivity contribution in [2.45, 2.75) is 43.2 Å². The fraction of sp³-hybridized carbons (Fsp3) is 0.296. The fourth-order valence-corrected chi connectivity index (χ4v) is 4.74. The van der Waals surface area contributed by atoms with E-state index in [1.54, 1.807) is 7.11 Å². The maximum Gasteiger partial charge on any atom is 0.314 e. The van der Waals surface area contributed by atoms with E-state index in [1.165, 1.54) is 11.1 Å². The zero-order chi connectivity index (χ0) is 21.7. The summed E-state index contributed by atoms with van der Waals surface area (Å²) in [6.07, 6.45) is 2.81. The monoisotopic (exact) mass is 415 g/mol. The van der Waals surface area contributed by atoms with Crippen LogP contribution in [-0.2, 0) is 10.2 Å². The predicted molar refractivity (Wildman–Crippen MR) is 122 cm³/mol. The van der Waals surface area contributed by atoms with Gasteiger partial charge < -0.3 is 15.2 Å². The van der Waals surface area contributed by atoms with Crippen molar-refractivity contribution in [3.8, 4) is 5.75 Å². The largest absolute Gasteiger partial charge is 0.497 e. The van der Waals surface area contributed by atoms with E-state index in [4.69, 9.17) is 4.74 Å². The molecule has 3 aromatic carbocycles. The van der Waals surface area contributed by atoms with E-state index in [0.29, 0.717) is 18.6 Å². The van der Waals surface area contributed by atoms with Gasteiger partial charge in [-0.25, -0.2) is 0 Å². The molecule has 0 spiro atoms. The van der Waals surface area contributed by atoms with Crippen molar-refractivity contribution in [1.29, 1.82) is 0 Å². The van der Waals surface area contributed by atoms with Crippen LogP contribution in [0.15, 0.2) is 84.9 Å². The number of nitrogens with one attached hydrogen (secondary N) is 1. The molecule has 0 unspecified atom stereocenters. The van der Waals surface area contributed by atoms with Crippen molar-refractivity contribution in [3.63, 3.8) is 0 Å². The highest BCUT2D eigenvalue weighted by molar-refractivity contribution is 5.81. The average molecular weight is 416 g/mol. The summed E-state index contributed by atoms with van der Waals surface area (Å²) in [4.78, 5) is 12.4. The van der Waals surface area contributed by atoms with Gasteiger partial charge in [0.1, 0.15) is 5.75 Å². The Morgan fingerprint density at radius 2 is 1.52 bits per heavy atom. The molecule has 0 radical (unpaired) electrons. The van der Waals surface area contributed by atoms with Crippen LogP contribution in [0, 0.1) is 0 Å². The molecule has 0 aromatic heterocycles. The van der Waals surface area contributed by atoms with E-state index in [-0.39, 0.29) is 12.1 Å². The van der Waals surface area contributed by atoms with Crippen LogP contribution in [0.2, 0.25) is 0 Å². The summed E-state index contributed by atoms with van der Waals surface area (Å²) < 4.78 is 5.34. The molecule has 1 aliphatic carbocycles. The van der Waals surface area contributed by atoms with Crippen molar-refractivity contribution in [2.24, 2.45) is 0 Å². The van der Waals surface area contributed by atoms with E-state index in [1.807, 2.05) is 36.4 Å². The molecule has 1 fully saturated rings. The average Bonchev–Trinajstić information content (AvgIpc) is 2.84. The van der Waals surface area contributed by atoms with E-state index in [9.17, 15) is 9.90 Å². The number of hydrogen-bond donors (Lipinski definition) is 2. The van der Waals surface area contributed by atoms with E-state index in [0.717, 1.165) is 18.4 Å². The number of aliphatic carboxylic acids is 1. The molecule has 0 aliphatic heterocycles. The summed E-state index contributed by atoms with van der Waals surface area (Å²) in [5.74, 6) is -0.0477. The zero-order valence-corrected chi connectivity index (χ0v) is 17.8. The van der Waals surface area contributed by atoms with Gasteiger partial charge in [0.15, 0.2) is 0 Å². The highest BCUT2D eigenvalue weighted by atomic mass is 16.5. The van der Waals surface area contributed by atoms with Crippen LogP contribution in [0.1, 0.15) is 48.4 Å². The molecule has 2 N–H and O–H groups in total. The fourth-order valence-electron chi connectivity index (χ4n) is 4.74. The summed E-state index contributed by atoms with van der Waals surface area (Å²) in [5, 5.41) is 14.0. The van der Waals surface area contributed by atoms with Gasteiger partial charge >= 0.3 is 5.97 Å². The van der Waals surface area contributed by atoms with E-state index >= 15 is 0 Å². The first-order valence-electron chi connectivity index (χ1n) is 10.9. The molecule has 4 nitrogen and oxygen atoms in total. The van der Waals surface area contributed by atoms with Crippen LogP contribution in [0.4, 0.5) is 0 Å². The Morgan fingerprint density at radius 3 is 2.03 bits per heavy atom. The van der Waals surface area contributed by atoms with Gasteiger partial charge in [-0.1, -0.05) is 72.8 Å². The lowest BCUT2D eigenvalue weighted by Gasteiger charge is -2.39. The normalized spacial score (nSPS) is 21.0. The molecule has 160 valence electrons. The third kappa shape index (κ3) is 4.49. The maximum atomic E-state index is 12.4. The minimum Gasteiger partial charge on any atom is -0.497 e. The van der Waals surface area contributed by atoms with Crippen LogP contribution < -0.4 is 10.1 Å². The molecule has 3 aromatic rings. The first-order chi connectivity index (χ1) is 15.1. The molecular formula is C27H29NO3. The molecule has 31 heavy (non-hydrogen) atoms. The first kappa shape index (κ1) is 21.1. The number of hydrogen-bond acceptors (Lipinski definition) is 3. The highest BCUT2D eigenvalue weighted by Gasteiger charge is 2.44. The summed E-state index contributed by atoms with van der Waals surface area (Å²) in [6, 6.07) is 28.7. The Balaban J connectivity index is 1.54. The minimum absolute atomic E-state index is 0.0848. The molecule has 1 aliphatic rings. The van der Waals surface area contributed by atoms with Crippen LogP contribution in [0.3, 0.4) is 0 Å². The highest BCUT2D eigenvalue weighted by Crippen LogP contribution is 2.41. The Hall–Kier alpha value is -3.11. The minimum atomic E-state index is -0.859. The molecule has 0 bridgehead atoms. The topological polar surface area (TPSA) is 58.6 Å². The van der Waals surface area contributed by atoms with E-state index in [2.05, 4.69) is 53.8 Å². The maximum absolute atomic E-state index is 12.4. The molecule has 1 saturated carbocycles. The van der Waals surface area contributed by atoms with Gasteiger partial charge in [-0.2, -0.15) is 0 Å². The lowest BCUT2D eigenvalue weighted by Crippen LogP contribution is -2.45. The SMILES string of the molecule is COc1cccc(C2(C(=O)O)CCC(NC(c3ccccc3)c3ccccc3)CC2)c1. The van der Waals surface area contributed by atoms with Gasteiger partial charge in [0.25, 0.3) is 0 Å². The van der Waals surface area contributed by atoms with Crippen molar-refractivity contribution in [1.82, 2.24) is 5.32 Å². The van der Waals surface area contributed by atoms with Crippen LogP contribution in [0.25, 0.3) is 0 Å². The van der Waals surface area contributed by atoms with Crippen LogP contribution in [0.5, 0.6) is 5.75 Å². The molecule has 0 heterocycles. The second-order valence-electron chi connectivity index (χ2n) is 8.31. The lowest BCUT2D eigenvalue weighted by molar-refractivity contribution is -0.145. The number of carbonyl (C=O) groups is 1. The zero-order valence-electron chi connectivity index (χ0n) is 17.8. The van der Waals surface area contributed by atoms with Gasteiger partial charge in [-0.3, -0.25) is 4.79 Å². The van der Waals surface area contributed by atoms with E-state index < -0.39 is 11.4 Å². The Bertz CT molecular complexity index is 956. The van der Waals surface area contributed by atoms with Gasteiger partial charge in [0.05, 0.1) is 18.6 Å². The van der Waals surface area contributed by atoms with Crippen LogP contribution in [-0.4, -0.2) is 24.2 Å². The van der Waals surface area contributed by atoms with Crippen LogP contribution >= 0.6 is 0 Å². The molecule has 0 atom stereocenters. The number of carboxylic acid groups (broad SMARTS) is 1. The predicted octanol–water partition coefficient (Wildman–Crippen LogP) is 5.34. The number of benzene rings is 3. The van der Waals surface area contributed by atoms with Crippen molar-refractivity contribution >= 4 is 5.97 Å². The van der Waals surface area contributed by atoms with Gasteiger partial charge in [0.2, 0.25) is 0 Å². The summed E-state index contributed by atoms with van der Waals surface area (Å²) in [7, 11) is 1.61. The molecule has 0 saturated heterocycles. The number of rotatable bonds is 7. The second kappa shape index (κ2) is 9.36. The smallest absolute Gasteiger partial charge is 0.314 e. The van der Waals surface area contributed by atoms with Crippen molar-refractivity contribution < 1.29 is 14.6 Å². The number of ether oxygens (including phenoxy) is 1. The third-order valence-corrected chi connectivity index (χ3v) is 6.54. The Kier molecular flexibility index (Phi) is 6.38. The summed E-state index contributed by atoms with van der Waals surface area (Å²) in [6.45, 7) is 0. The summed E-state index contributed by atoms with van der Waals surface area (Å²) >= 11 is 0. The summed E-state index contributed by atoms with van der Waals surface area (Å²) in [5.41, 5.74) is 2.41. The first-order valence-corrected chi connectivity index (χ1v) is 10.9. The molecular weight excluding hydrogens is 386 g/mol. The lowest BCUT2D eigenvalue weighted by atomic mass is 9.68. The molecule has 4 heteroatoms. The molecule has 4 rings (SSSR count). The van der Waals surface area contributed by atoms with Crippen molar-refractivity contribution in [3.05, 3.63) is 102 Å². The standard InChI is InChI=1S/C27H29NO3/c1-31-24-14-8-13-22(19-24)27(26(29)30)17-15-23(16-18-27)28-25(20-9-4-2-5-10-20)21-11-6-3-7-12-21/h2-14,19,23,25,28H,15-18H2,1H3,(H,29,30). The quantitative estimate of drug-likeness (QED) is 0.547.